The zero-order valence-electron chi connectivity index (χ0n) is 17.1. The SMILES string of the molecule is Cc1ccc(S(=O)(=O)OCC2Cc3cc(C(F)(F)F)cc(-c4ccc(F)c(Cl)c4)c3O2)cc1. The normalized spacial score (nSPS) is 15.9. The van der Waals surface area contributed by atoms with E-state index in [-0.39, 0.29) is 38.8 Å². The van der Waals surface area contributed by atoms with Gasteiger partial charge < -0.3 is 4.74 Å². The second kappa shape index (κ2) is 8.62. The molecule has 0 aliphatic carbocycles. The van der Waals surface area contributed by atoms with E-state index < -0.39 is 40.4 Å². The third-order valence-corrected chi connectivity index (χ3v) is 6.76. The molecule has 0 bridgehead atoms. The summed E-state index contributed by atoms with van der Waals surface area (Å²) in [6.07, 6.45) is -5.46. The molecule has 0 N–H and O–H groups in total. The van der Waals surface area contributed by atoms with E-state index in [0.29, 0.717) is 0 Å². The smallest absolute Gasteiger partial charge is 0.416 e. The van der Waals surface area contributed by atoms with E-state index >= 15 is 0 Å². The largest absolute Gasteiger partial charge is 0.487 e. The van der Waals surface area contributed by atoms with Crippen molar-refractivity contribution in [1.29, 1.82) is 0 Å². The molecule has 174 valence electrons. The minimum atomic E-state index is -4.63. The van der Waals surface area contributed by atoms with Gasteiger partial charge in [-0.05, 0) is 54.4 Å². The molecule has 1 heterocycles. The maximum absolute atomic E-state index is 13.6. The quantitative estimate of drug-likeness (QED) is 0.310. The topological polar surface area (TPSA) is 52.6 Å². The van der Waals surface area contributed by atoms with Gasteiger partial charge in [-0.25, -0.2) is 4.39 Å². The molecule has 1 aliphatic heterocycles. The van der Waals surface area contributed by atoms with Gasteiger partial charge >= 0.3 is 6.18 Å². The molecule has 0 saturated carbocycles. The van der Waals surface area contributed by atoms with E-state index in [2.05, 4.69) is 0 Å². The lowest BCUT2D eigenvalue weighted by Crippen LogP contribution is -2.23. The Bertz CT molecular complexity index is 1310. The number of halogens is 5. The van der Waals surface area contributed by atoms with E-state index in [1.165, 1.54) is 24.3 Å². The Hall–Kier alpha value is -2.62. The molecular weight excluding hydrogens is 484 g/mol. The molecular formula is C23H17ClF4O4S. The van der Waals surface area contributed by atoms with Crippen LogP contribution in [0.4, 0.5) is 17.6 Å². The number of alkyl halides is 3. The molecule has 10 heteroatoms. The fraction of sp³-hybridized carbons (Fsp3) is 0.217. The van der Waals surface area contributed by atoms with Crippen LogP contribution in [0, 0.1) is 12.7 Å². The summed E-state index contributed by atoms with van der Waals surface area (Å²) in [6, 6.07) is 11.5. The van der Waals surface area contributed by atoms with Crippen LogP contribution in [0.5, 0.6) is 5.75 Å². The highest BCUT2D eigenvalue weighted by molar-refractivity contribution is 7.86. The number of hydrogen-bond donors (Lipinski definition) is 0. The van der Waals surface area contributed by atoms with Gasteiger partial charge in [0.25, 0.3) is 10.1 Å². The number of rotatable bonds is 5. The van der Waals surface area contributed by atoms with Crippen molar-refractivity contribution < 1.29 is 34.9 Å². The first-order chi connectivity index (χ1) is 15.4. The number of fused-ring (bicyclic) bond motifs is 1. The van der Waals surface area contributed by atoms with E-state index in [0.717, 1.165) is 23.8 Å². The van der Waals surface area contributed by atoms with Crippen LogP contribution in [0.2, 0.25) is 5.02 Å². The van der Waals surface area contributed by atoms with Crippen LogP contribution in [0.25, 0.3) is 11.1 Å². The van der Waals surface area contributed by atoms with Gasteiger partial charge in [-0.2, -0.15) is 21.6 Å². The molecule has 1 atom stereocenters. The predicted molar refractivity (Wildman–Crippen MR) is 114 cm³/mol. The molecule has 0 aromatic heterocycles. The summed E-state index contributed by atoms with van der Waals surface area (Å²) in [5.74, 6) is -0.565. The Balaban J connectivity index is 1.62. The van der Waals surface area contributed by atoms with Crippen molar-refractivity contribution in [1.82, 2.24) is 0 Å². The highest BCUT2D eigenvalue weighted by atomic mass is 35.5. The van der Waals surface area contributed by atoms with Crippen LogP contribution in [0.3, 0.4) is 0 Å². The molecule has 3 aromatic carbocycles. The van der Waals surface area contributed by atoms with E-state index in [4.69, 9.17) is 20.5 Å². The second-order valence-electron chi connectivity index (χ2n) is 7.63. The van der Waals surface area contributed by atoms with E-state index in [1.807, 2.05) is 6.92 Å². The standard InChI is InChI=1S/C23H17ClF4O4S/c1-13-2-5-18(6-3-13)33(29,30)31-12-17-9-15-8-16(23(26,27)28)11-19(22(15)32-17)14-4-7-21(25)20(24)10-14/h2-8,10-11,17H,9,12H2,1H3. The van der Waals surface area contributed by atoms with Crippen molar-refractivity contribution >= 4 is 21.7 Å². The summed E-state index contributed by atoms with van der Waals surface area (Å²) in [5, 5.41) is -0.249. The van der Waals surface area contributed by atoms with Gasteiger partial charge in [0, 0.05) is 12.0 Å². The van der Waals surface area contributed by atoms with Crippen molar-refractivity contribution in [2.24, 2.45) is 0 Å². The minimum absolute atomic E-state index is 0.00456. The summed E-state index contributed by atoms with van der Waals surface area (Å²) in [7, 11) is -4.08. The maximum Gasteiger partial charge on any atom is 0.416 e. The van der Waals surface area contributed by atoms with Crippen LogP contribution in [-0.4, -0.2) is 21.1 Å². The third kappa shape index (κ3) is 5.00. The van der Waals surface area contributed by atoms with Crippen LogP contribution >= 0.6 is 11.6 Å². The average Bonchev–Trinajstić information content (AvgIpc) is 3.16. The van der Waals surface area contributed by atoms with Gasteiger partial charge in [-0.3, -0.25) is 4.18 Å². The van der Waals surface area contributed by atoms with Crippen LogP contribution in [0.15, 0.2) is 59.5 Å². The number of hydrogen-bond acceptors (Lipinski definition) is 4. The second-order valence-corrected chi connectivity index (χ2v) is 9.66. The molecule has 0 radical (unpaired) electrons. The van der Waals surface area contributed by atoms with Crippen molar-refractivity contribution in [2.75, 3.05) is 6.61 Å². The Morgan fingerprint density at radius 2 is 1.79 bits per heavy atom. The first-order valence-electron chi connectivity index (χ1n) is 9.76. The zero-order valence-corrected chi connectivity index (χ0v) is 18.7. The summed E-state index contributed by atoms with van der Waals surface area (Å²) in [5.41, 5.74) is 0.511. The highest BCUT2D eigenvalue weighted by Gasteiger charge is 2.36. The molecule has 33 heavy (non-hydrogen) atoms. The van der Waals surface area contributed by atoms with Crippen molar-refractivity contribution in [3.63, 3.8) is 0 Å². The maximum atomic E-state index is 13.6. The molecule has 0 saturated heterocycles. The van der Waals surface area contributed by atoms with Gasteiger partial charge in [-0.15, -0.1) is 0 Å². The van der Waals surface area contributed by atoms with Crippen molar-refractivity contribution in [3.8, 4) is 16.9 Å². The molecule has 0 spiro atoms. The minimum Gasteiger partial charge on any atom is -0.487 e. The van der Waals surface area contributed by atoms with Gasteiger partial charge in [0.1, 0.15) is 24.3 Å². The first-order valence-corrected chi connectivity index (χ1v) is 11.5. The van der Waals surface area contributed by atoms with Gasteiger partial charge in [0.15, 0.2) is 0 Å². The molecule has 1 aliphatic rings. The fourth-order valence-electron chi connectivity index (χ4n) is 3.51. The van der Waals surface area contributed by atoms with Crippen LogP contribution < -0.4 is 4.74 Å². The number of ether oxygens (including phenoxy) is 1. The lowest BCUT2D eigenvalue weighted by molar-refractivity contribution is -0.137. The highest BCUT2D eigenvalue weighted by Crippen LogP contribution is 2.44. The molecule has 3 aromatic rings. The zero-order chi connectivity index (χ0) is 24.0. The Morgan fingerprint density at radius 1 is 1.09 bits per heavy atom. The van der Waals surface area contributed by atoms with E-state index in [9.17, 15) is 26.0 Å². The Labute approximate surface area is 192 Å². The van der Waals surface area contributed by atoms with Gasteiger partial charge in [0.2, 0.25) is 0 Å². The summed E-state index contributed by atoms with van der Waals surface area (Å²) >= 11 is 5.82. The molecule has 0 fully saturated rings. The number of benzene rings is 3. The van der Waals surface area contributed by atoms with Gasteiger partial charge in [-0.1, -0.05) is 35.4 Å². The summed E-state index contributed by atoms with van der Waals surface area (Å²) in [6.45, 7) is 1.41. The lowest BCUT2D eigenvalue weighted by atomic mass is 9.97. The van der Waals surface area contributed by atoms with Crippen LogP contribution in [0.1, 0.15) is 16.7 Å². The van der Waals surface area contributed by atoms with E-state index in [1.54, 1.807) is 12.1 Å². The monoisotopic (exact) mass is 500 g/mol. The summed E-state index contributed by atoms with van der Waals surface area (Å²) < 4.78 is 89.8. The molecule has 4 nitrogen and oxygen atoms in total. The van der Waals surface area contributed by atoms with Gasteiger partial charge in [0.05, 0.1) is 15.5 Å². The predicted octanol–water partition coefficient (Wildman–Crippen LogP) is 6.18. The number of aryl methyl sites for hydroxylation is 1. The van der Waals surface area contributed by atoms with Crippen molar-refractivity contribution in [2.45, 2.75) is 30.5 Å². The van der Waals surface area contributed by atoms with Crippen LogP contribution in [-0.2, 0) is 26.9 Å². The first kappa shape index (κ1) is 23.5. The summed E-state index contributed by atoms with van der Waals surface area (Å²) in [4.78, 5) is -0.0374. The molecule has 4 rings (SSSR count). The Morgan fingerprint density at radius 3 is 2.42 bits per heavy atom. The molecule has 0 amide bonds. The third-order valence-electron chi connectivity index (χ3n) is 5.17. The molecule has 1 unspecified atom stereocenters. The fourth-order valence-corrected chi connectivity index (χ4v) is 4.62. The average molecular weight is 501 g/mol. The Kier molecular flexibility index (Phi) is 6.15. The van der Waals surface area contributed by atoms with Crippen molar-refractivity contribution in [3.05, 3.63) is 82.1 Å². The lowest BCUT2D eigenvalue weighted by Gasteiger charge is -2.15.